The van der Waals surface area contributed by atoms with E-state index in [2.05, 4.69) is 11.4 Å². The summed E-state index contributed by atoms with van der Waals surface area (Å²) >= 11 is 1.68. The molecule has 0 spiro atoms. The molecule has 2 rings (SSSR count). The predicted molar refractivity (Wildman–Crippen MR) is 68.9 cm³/mol. The molecule has 5 heteroatoms. The summed E-state index contributed by atoms with van der Waals surface area (Å²) in [5, 5.41) is 3.28. The Labute approximate surface area is 101 Å². The van der Waals surface area contributed by atoms with Crippen molar-refractivity contribution >= 4 is 27.3 Å². The van der Waals surface area contributed by atoms with Crippen LogP contribution in [0.1, 0.15) is 6.42 Å². The SMILES string of the molecule is CSc1cccc(NC2CCS(=O)(=O)C2)c1. The normalized spacial score (nSPS) is 23.2. The van der Waals surface area contributed by atoms with Gasteiger partial charge in [0.05, 0.1) is 11.5 Å². The molecular weight excluding hydrogens is 242 g/mol. The van der Waals surface area contributed by atoms with Gasteiger partial charge < -0.3 is 5.32 Å². The molecule has 1 unspecified atom stereocenters. The number of nitrogens with one attached hydrogen (secondary N) is 1. The highest BCUT2D eigenvalue weighted by Crippen LogP contribution is 2.22. The first-order valence-electron chi connectivity index (χ1n) is 5.20. The van der Waals surface area contributed by atoms with Crippen LogP contribution >= 0.6 is 11.8 Å². The van der Waals surface area contributed by atoms with Gasteiger partial charge in [-0.2, -0.15) is 0 Å². The van der Waals surface area contributed by atoms with E-state index in [-0.39, 0.29) is 11.8 Å². The molecule has 1 heterocycles. The van der Waals surface area contributed by atoms with Gasteiger partial charge in [-0.1, -0.05) is 6.07 Å². The number of sulfone groups is 1. The summed E-state index contributed by atoms with van der Waals surface area (Å²) in [6, 6.07) is 8.13. The fraction of sp³-hybridized carbons (Fsp3) is 0.455. The molecule has 0 saturated carbocycles. The van der Waals surface area contributed by atoms with E-state index in [4.69, 9.17) is 0 Å². The molecule has 1 aliphatic heterocycles. The van der Waals surface area contributed by atoms with Gasteiger partial charge in [-0.3, -0.25) is 0 Å². The second-order valence-electron chi connectivity index (χ2n) is 3.98. The fourth-order valence-corrected chi connectivity index (χ4v) is 3.99. The second-order valence-corrected chi connectivity index (χ2v) is 7.08. The molecule has 1 fully saturated rings. The first-order chi connectivity index (χ1) is 7.59. The third kappa shape index (κ3) is 2.92. The Morgan fingerprint density at radius 1 is 1.44 bits per heavy atom. The fourth-order valence-electron chi connectivity index (χ4n) is 1.86. The van der Waals surface area contributed by atoms with E-state index < -0.39 is 9.84 Å². The highest BCUT2D eigenvalue weighted by atomic mass is 32.2. The van der Waals surface area contributed by atoms with E-state index in [1.807, 2.05) is 24.5 Å². The molecule has 0 radical (unpaired) electrons. The van der Waals surface area contributed by atoms with Crippen LogP contribution in [0.3, 0.4) is 0 Å². The molecule has 0 amide bonds. The highest BCUT2D eigenvalue weighted by Gasteiger charge is 2.27. The van der Waals surface area contributed by atoms with E-state index in [1.54, 1.807) is 11.8 Å². The van der Waals surface area contributed by atoms with E-state index >= 15 is 0 Å². The summed E-state index contributed by atoms with van der Waals surface area (Å²) in [4.78, 5) is 1.19. The first kappa shape index (κ1) is 11.8. The van der Waals surface area contributed by atoms with Crippen LogP contribution in [0.25, 0.3) is 0 Å². The van der Waals surface area contributed by atoms with Gasteiger partial charge in [0.25, 0.3) is 0 Å². The molecule has 0 aliphatic carbocycles. The van der Waals surface area contributed by atoms with Gasteiger partial charge in [-0.05, 0) is 30.9 Å². The molecule has 1 aliphatic rings. The van der Waals surface area contributed by atoms with E-state index in [0.29, 0.717) is 12.2 Å². The zero-order valence-electron chi connectivity index (χ0n) is 9.14. The molecular formula is C11H15NO2S2. The maximum atomic E-state index is 11.3. The molecule has 1 atom stereocenters. The predicted octanol–water partition coefficient (Wildman–Crippen LogP) is 2.01. The van der Waals surface area contributed by atoms with Crippen molar-refractivity contribution in [1.29, 1.82) is 0 Å². The van der Waals surface area contributed by atoms with E-state index in [9.17, 15) is 8.42 Å². The topological polar surface area (TPSA) is 46.2 Å². The van der Waals surface area contributed by atoms with Crippen LogP contribution in [-0.2, 0) is 9.84 Å². The van der Waals surface area contributed by atoms with Crippen molar-refractivity contribution < 1.29 is 8.42 Å². The number of hydrogen-bond donors (Lipinski definition) is 1. The highest BCUT2D eigenvalue weighted by molar-refractivity contribution is 7.98. The van der Waals surface area contributed by atoms with Gasteiger partial charge in [0.15, 0.2) is 9.84 Å². The van der Waals surface area contributed by atoms with Crippen LogP contribution < -0.4 is 5.32 Å². The molecule has 1 N–H and O–H groups in total. The number of benzene rings is 1. The van der Waals surface area contributed by atoms with Crippen molar-refractivity contribution in [2.24, 2.45) is 0 Å². The van der Waals surface area contributed by atoms with Crippen LogP contribution in [0.15, 0.2) is 29.2 Å². The third-order valence-electron chi connectivity index (χ3n) is 2.67. The van der Waals surface area contributed by atoms with Gasteiger partial charge in [0.1, 0.15) is 0 Å². The lowest BCUT2D eigenvalue weighted by Crippen LogP contribution is -2.20. The minimum atomic E-state index is -2.80. The summed E-state index contributed by atoms with van der Waals surface area (Å²) in [5.74, 6) is 0.573. The van der Waals surface area contributed by atoms with Crippen molar-refractivity contribution in [1.82, 2.24) is 0 Å². The largest absolute Gasteiger partial charge is 0.381 e. The summed E-state index contributed by atoms with van der Waals surface area (Å²) in [5.41, 5.74) is 1.01. The molecule has 0 aromatic heterocycles. The van der Waals surface area contributed by atoms with Gasteiger partial charge in [-0.25, -0.2) is 8.42 Å². The Bertz CT molecular complexity index is 471. The quantitative estimate of drug-likeness (QED) is 0.841. The maximum absolute atomic E-state index is 11.3. The second kappa shape index (κ2) is 4.67. The molecule has 1 aromatic carbocycles. The summed E-state index contributed by atoms with van der Waals surface area (Å²) in [6.45, 7) is 0. The smallest absolute Gasteiger partial charge is 0.152 e. The molecule has 1 aromatic rings. The Morgan fingerprint density at radius 2 is 2.25 bits per heavy atom. The van der Waals surface area contributed by atoms with Gasteiger partial charge in [-0.15, -0.1) is 11.8 Å². The Kier molecular flexibility index (Phi) is 3.44. The van der Waals surface area contributed by atoms with Crippen molar-refractivity contribution in [2.75, 3.05) is 23.1 Å². The number of anilines is 1. The summed E-state index contributed by atoms with van der Waals surface area (Å²) in [6.07, 6.45) is 2.74. The Balaban J connectivity index is 2.04. The zero-order valence-corrected chi connectivity index (χ0v) is 10.8. The molecule has 1 saturated heterocycles. The van der Waals surface area contributed by atoms with Crippen molar-refractivity contribution in [3.63, 3.8) is 0 Å². The monoisotopic (exact) mass is 257 g/mol. The van der Waals surface area contributed by atoms with Gasteiger partial charge in [0, 0.05) is 16.6 Å². The molecule has 0 bridgehead atoms. The molecule has 88 valence electrons. The number of rotatable bonds is 3. The van der Waals surface area contributed by atoms with Crippen molar-refractivity contribution in [2.45, 2.75) is 17.4 Å². The lowest BCUT2D eigenvalue weighted by atomic mass is 10.2. The van der Waals surface area contributed by atoms with Crippen molar-refractivity contribution in [3.8, 4) is 0 Å². The summed E-state index contributed by atoms with van der Waals surface area (Å²) < 4.78 is 22.6. The Morgan fingerprint density at radius 3 is 2.88 bits per heavy atom. The maximum Gasteiger partial charge on any atom is 0.152 e. The first-order valence-corrected chi connectivity index (χ1v) is 8.25. The van der Waals surface area contributed by atoms with Gasteiger partial charge >= 0.3 is 0 Å². The standard InChI is InChI=1S/C11H15NO2S2/c1-15-11-4-2-3-9(7-11)12-10-5-6-16(13,14)8-10/h2-4,7,10,12H,5-6,8H2,1H3. The molecule has 3 nitrogen and oxygen atoms in total. The average Bonchev–Trinajstić information content (AvgIpc) is 2.58. The molecule has 16 heavy (non-hydrogen) atoms. The number of thioether (sulfide) groups is 1. The van der Waals surface area contributed by atoms with Crippen LogP contribution in [0, 0.1) is 0 Å². The van der Waals surface area contributed by atoms with Crippen LogP contribution in [0.4, 0.5) is 5.69 Å². The zero-order chi connectivity index (χ0) is 11.6. The van der Waals surface area contributed by atoms with E-state index in [1.165, 1.54) is 4.90 Å². The lowest BCUT2D eigenvalue weighted by Gasteiger charge is -2.12. The minimum Gasteiger partial charge on any atom is -0.381 e. The minimum absolute atomic E-state index is 0.0714. The van der Waals surface area contributed by atoms with Crippen LogP contribution in [-0.4, -0.2) is 32.2 Å². The van der Waals surface area contributed by atoms with E-state index in [0.717, 1.165) is 5.69 Å². The van der Waals surface area contributed by atoms with Crippen LogP contribution in [0.2, 0.25) is 0 Å². The lowest BCUT2D eigenvalue weighted by molar-refractivity contribution is 0.602. The van der Waals surface area contributed by atoms with Crippen molar-refractivity contribution in [3.05, 3.63) is 24.3 Å². The summed E-state index contributed by atoms with van der Waals surface area (Å²) in [7, 11) is -2.80. The third-order valence-corrected chi connectivity index (χ3v) is 5.17. The Hall–Kier alpha value is -0.680. The average molecular weight is 257 g/mol. The van der Waals surface area contributed by atoms with Gasteiger partial charge in [0.2, 0.25) is 0 Å². The van der Waals surface area contributed by atoms with Crippen LogP contribution in [0.5, 0.6) is 0 Å². The number of hydrogen-bond acceptors (Lipinski definition) is 4.